The molecule has 0 spiro atoms. The van der Waals surface area contributed by atoms with Crippen molar-refractivity contribution in [2.75, 3.05) is 13.2 Å². The van der Waals surface area contributed by atoms with E-state index in [1.165, 1.54) is 152 Å². The minimum atomic E-state index is 0.117. The Morgan fingerprint density at radius 1 is 0.551 bits per heavy atom. The Bertz CT molecular complexity index is 926. The molecule has 2 aliphatic carbocycles. The van der Waals surface area contributed by atoms with Gasteiger partial charge in [0.2, 0.25) is 0 Å². The molecule has 0 fully saturated rings. The normalized spacial score (nSPS) is 22.2. The highest BCUT2D eigenvalue weighted by Gasteiger charge is 2.23. The Morgan fingerprint density at radius 3 is 1.27 bits per heavy atom. The predicted octanol–water partition coefficient (Wildman–Crippen LogP) is 15.8. The van der Waals surface area contributed by atoms with Gasteiger partial charge < -0.3 is 4.74 Å². The van der Waals surface area contributed by atoms with Crippen LogP contribution in [0.1, 0.15) is 196 Å². The highest BCUT2D eigenvalue weighted by Crippen LogP contribution is 2.35. The van der Waals surface area contributed by atoms with E-state index in [1.807, 2.05) is 0 Å². The van der Waals surface area contributed by atoms with Crippen LogP contribution in [0.2, 0.25) is 0 Å². The lowest BCUT2D eigenvalue weighted by molar-refractivity contribution is 0.170. The molecule has 4 atom stereocenters. The smallest absolute Gasteiger partial charge is 0.0684 e. The van der Waals surface area contributed by atoms with Gasteiger partial charge in [-0.2, -0.15) is 0 Å². The van der Waals surface area contributed by atoms with Crippen LogP contribution in [0.5, 0.6) is 0 Å². The monoisotopic (exact) mass is 675 g/mol. The summed E-state index contributed by atoms with van der Waals surface area (Å²) in [4.78, 5) is 0. The zero-order valence-electron chi connectivity index (χ0n) is 33.7. The largest absolute Gasteiger partial charge is 0.373 e. The van der Waals surface area contributed by atoms with E-state index in [1.54, 1.807) is 0 Å². The van der Waals surface area contributed by atoms with Crippen LogP contribution < -0.4 is 0 Å². The summed E-state index contributed by atoms with van der Waals surface area (Å²) in [6.07, 6.45) is 56.2. The molecule has 1 heteroatoms. The first-order valence-corrected chi connectivity index (χ1v) is 21.4. The second-order valence-corrected chi connectivity index (χ2v) is 16.9. The first-order chi connectivity index (χ1) is 23.8. The first-order valence-electron chi connectivity index (χ1n) is 21.4. The fourth-order valence-corrected chi connectivity index (χ4v) is 7.51. The average Bonchev–Trinajstić information content (AvgIpc) is 3.09. The third kappa shape index (κ3) is 22.1. The van der Waals surface area contributed by atoms with Crippen molar-refractivity contribution in [3.05, 3.63) is 71.9 Å². The van der Waals surface area contributed by atoms with Gasteiger partial charge in [0.15, 0.2) is 0 Å². The van der Waals surface area contributed by atoms with E-state index in [0.717, 1.165) is 37.9 Å². The number of ether oxygens (including phenoxy) is 1. The maximum atomic E-state index is 6.30. The molecule has 0 heterocycles. The van der Waals surface area contributed by atoms with E-state index in [-0.39, 0.29) is 10.8 Å². The van der Waals surface area contributed by atoms with Crippen molar-refractivity contribution in [2.45, 2.75) is 196 Å². The van der Waals surface area contributed by atoms with Crippen molar-refractivity contribution < 1.29 is 4.74 Å². The molecule has 0 saturated heterocycles. The predicted molar refractivity (Wildman–Crippen MR) is 220 cm³/mol. The van der Waals surface area contributed by atoms with E-state index in [2.05, 4.69) is 102 Å². The zero-order chi connectivity index (χ0) is 35.5. The van der Waals surface area contributed by atoms with Crippen LogP contribution in [0, 0.1) is 22.7 Å². The minimum Gasteiger partial charge on any atom is -0.373 e. The lowest BCUT2D eigenvalue weighted by Crippen LogP contribution is -2.18. The molecule has 2 aliphatic rings. The van der Waals surface area contributed by atoms with Gasteiger partial charge in [0.1, 0.15) is 0 Å². The quantitative estimate of drug-likeness (QED) is 0.0544. The Balaban J connectivity index is 1.52. The summed E-state index contributed by atoms with van der Waals surface area (Å²) in [5, 5.41) is 0. The van der Waals surface area contributed by atoms with Crippen LogP contribution in [0.3, 0.4) is 0 Å². The minimum absolute atomic E-state index is 0.117. The van der Waals surface area contributed by atoms with Crippen molar-refractivity contribution in [1.29, 1.82) is 0 Å². The van der Waals surface area contributed by atoms with E-state index in [0.29, 0.717) is 0 Å². The molecule has 0 radical (unpaired) electrons. The fraction of sp³-hybridized carbons (Fsp3) is 0.750. The van der Waals surface area contributed by atoms with Crippen LogP contribution in [0.15, 0.2) is 71.9 Å². The van der Waals surface area contributed by atoms with E-state index in [9.17, 15) is 0 Å². The fourth-order valence-electron chi connectivity index (χ4n) is 7.51. The maximum Gasteiger partial charge on any atom is 0.0684 e. The summed E-state index contributed by atoms with van der Waals surface area (Å²) in [6, 6.07) is 0. The number of allylic oxidation sites excluding steroid dienone is 10. The molecule has 49 heavy (non-hydrogen) atoms. The second kappa shape index (κ2) is 27.1. The molecule has 0 amide bonds. The molecule has 0 bridgehead atoms. The summed E-state index contributed by atoms with van der Waals surface area (Å²) in [5.41, 5.74) is 3.06. The summed E-state index contributed by atoms with van der Waals surface area (Å²) in [5.74, 6) is 1.83. The van der Waals surface area contributed by atoms with E-state index >= 15 is 0 Å². The van der Waals surface area contributed by atoms with Crippen LogP contribution in [-0.2, 0) is 4.74 Å². The Morgan fingerprint density at radius 2 is 0.898 bits per heavy atom. The topological polar surface area (TPSA) is 9.23 Å². The lowest BCUT2D eigenvalue weighted by atomic mass is 9.79. The molecule has 0 aromatic rings. The summed E-state index contributed by atoms with van der Waals surface area (Å²) in [7, 11) is 0. The van der Waals surface area contributed by atoms with Gasteiger partial charge in [-0.1, -0.05) is 218 Å². The molecule has 0 aliphatic heterocycles. The molecular formula is C48H82O. The van der Waals surface area contributed by atoms with Crippen molar-refractivity contribution >= 4 is 0 Å². The van der Waals surface area contributed by atoms with Gasteiger partial charge in [0.25, 0.3) is 0 Å². The third-order valence-corrected chi connectivity index (χ3v) is 11.4. The SMILES string of the molecule is CCC(C)CCCCCCCCCCC=CC1(C)C=CC=C(COCC2=CC=CC(C)(C=CCCCCCCCCCCC(C)CC)C2)C1. The summed E-state index contributed by atoms with van der Waals surface area (Å²) < 4.78 is 6.30. The van der Waals surface area contributed by atoms with Gasteiger partial charge in [-0.25, -0.2) is 0 Å². The lowest BCUT2D eigenvalue weighted by Gasteiger charge is -2.28. The number of rotatable bonds is 30. The standard InChI is InChI=1S/C48H82O/c1-7-43(3)31-25-21-17-13-9-11-15-19-23-27-35-47(5)37-29-33-45(39-47)41-49-42-46-34-30-38-48(6,40-46)36-28-24-20-16-12-10-14-18-22-26-32-44(4)8-2/h27-30,33-38,43-44H,7-26,31-32,39-42H2,1-6H3. The molecule has 0 N–H and O–H groups in total. The molecule has 1 nitrogen and oxygen atoms in total. The van der Waals surface area contributed by atoms with Gasteiger partial charge in [-0.15, -0.1) is 0 Å². The second-order valence-electron chi connectivity index (χ2n) is 16.9. The van der Waals surface area contributed by atoms with Gasteiger partial charge in [-0.3, -0.25) is 0 Å². The Kier molecular flexibility index (Phi) is 24.1. The zero-order valence-corrected chi connectivity index (χ0v) is 33.7. The van der Waals surface area contributed by atoms with Crippen molar-refractivity contribution in [1.82, 2.24) is 0 Å². The van der Waals surface area contributed by atoms with Gasteiger partial charge in [0.05, 0.1) is 13.2 Å². The molecule has 0 saturated carbocycles. The van der Waals surface area contributed by atoms with Crippen LogP contribution >= 0.6 is 0 Å². The number of hydrogen-bond donors (Lipinski definition) is 0. The van der Waals surface area contributed by atoms with Gasteiger partial charge in [-0.05, 0) is 61.5 Å². The number of unbranched alkanes of at least 4 members (excludes halogenated alkanes) is 16. The molecule has 280 valence electrons. The average molecular weight is 675 g/mol. The van der Waals surface area contributed by atoms with E-state index < -0.39 is 0 Å². The highest BCUT2D eigenvalue weighted by atomic mass is 16.5. The molecule has 2 rings (SSSR count). The molecule has 0 aromatic heterocycles. The van der Waals surface area contributed by atoms with E-state index in [4.69, 9.17) is 4.74 Å². The van der Waals surface area contributed by atoms with Gasteiger partial charge >= 0.3 is 0 Å². The van der Waals surface area contributed by atoms with Gasteiger partial charge in [0, 0.05) is 10.8 Å². The first kappa shape index (κ1) is 43.6. The molecule has 0 aromatic carbocycles. The Labute approximate surface area is 307 Å². The summed E-state index contributed by atoms with van der Waals surface area (Å²) >= 11 is 0. The third-order valence-electron chi connectivity index (χ3n) is 11.4. The van der Waals surface area contributed by atoms with Crippen molar-refractivity contribution in [3.8, 4) is 0 Å². The highest BCUT2D eigenvalue weighted by molar-refractivity contribution is 5.29. The Hall–Kier alpha value is -1.60. The van der Waals surface area contributed by atoms with Crippen molar-refractivity contribution in [3.63, 3.8) is 0 Å². The maximum absolute atomic E-state index is 6.30. The van der Waals surface area contributed by atoms with Crippen LogP contribution in [-0.4, -0.2) is 13.2 Å². The van der Waals surface area contributed by atoms with Crippen LogP contribution in [0.4, 0.5) is 0 Å². The number of hydrogen-bond acceptors (Lipinski definition) is 1. The van der Waals surface area contributed by atoms with Crippen molar-refractivity contribution in [2.24, 2.45) is 22.7 Å². The summed E-state index contributed by atoms with van der Waals surface area (Å²) in [6.45, 7) is 15.6. The molecular weight excluding hydrogens is 593 g/mol. The van der Waals surface area contributed by atoms with Crippen LogP contribution in [0.25, 0.3) is 0 Å². The molecule has 4 unspecified atom stereocenters.